The molecule has 1 heterocycles. The topological polar surface area (TPSA) is 207 Å². The third-order valence-corrected chi connectivity index (χ3v) is 9.55. The number of carboxylic acids is 1. The normalized spacial score (nSPS) is 11.1. The van der Waals surface area contributed by atoms with E-state index in [1.165, 1.54) is 23.7 Å². The number of benzene rings is 4. The zero-order valence-corrected chi connectivity index (χ0v) is 40.5. The zero-order chi connectivity index (χ0) is 37.2. The fourth-order valence-corrected chi connectivity index (χ4v) is 6.84. The number of hydrogen-bond donors (Lipinski definition) is 3. The van der Waals surface area contributed by atoms with Gasteiger partial charge in [-0.25, -0.2) is 0 Å². The van der Waals surface area contributed by atoms with Crippen molar-refractivity contribution in [2.45, 2.75) is 30.6 Å². The predicted octanol–water partition coefficient (Wildman–Crippen LogP) is -8.92. The second kappa shape index (κ2) is 21.9. The van der Waals surface area contributed by atoms with Crippen LogP contribution in [0.4, 0.5) is 17.1 Å². The first-order valence-electron chi connectivity index (χ1n) is 16.2. The molecule has 0 aliphatic heterocycles. The number of carbonyl (C=O) groups excluding carboxylic acids is 4. The largest absolute Gasteiger partial charge is 1.00 e. The van der Waals surface area contributed by atoms with Crippen LogP contribution in [0.5, 0.6) is 0 Å². The first-order valence-corrected chi connectivity index (χ1v) is 17.6. The van der Waals surface area contributed by atoms with E-state index in [9.17, 15) is 42.0 Å². The van der Waals surface area contributed by atoms with Crippen LogP contribution in [0.25, 0.3) is 22.0 Å². The Morgan fingerprint density at radius 1 is 0.857 bits per heavy atom. The van der Waals surface area contributed by atoms with Gasteiger partial charge in [-0.15, -0.1) is 6.07 Å². The number of anilines is 3. The number of fused-ring (bicyclic) bond motifs is 2. The number of aromatic nitrogens is 1. The first kappa shape index (κ1) is 50.2. The summed E-state index contributed by atoms with van der Waals surface area (Å²) in [5.41, 5.74) is 1.03. The number of aryl methyl sites for hydroxylation is 1. The monoisotopic (exact) mass is 810 g/mol. The van der Waals surface area contributed by atoms with Gasteiger partial charge in [0.2, 0.25) is 5.91 Å². The van der Waals surface area contributed by atoms with E-state index in [0.717, 1.165) is 6.07 Å². The number of amides is 1. The minimum absolute atomic E-state index is 0. The molecule has 3 N–H and O–H groups in total. The van der Waals surface area contributed by atoms with Gasteiger partial charge in [0, 0.05) is 35.2 Å². The van der Waals surface area contributed by atoms with Crippen LogP contribution < -0.4 is 145 Å². The first-order chi connectivity index (χ1) is 24.9. The summed E-state index contributed by atoms with van der Waals surface area (Å²) >= 11 is 0. The number of aliphatic carboxylic acids is 1. The Morgan fingerprint density at radius 2 is 1.57 bits per heavy atom. The molecule has 56 heavy (non-hydrogen) atoms. The number of rotatable bonds is 14. The number of pyridine rings is 1. The van der Waals surface area contributed by atoms with E-state index in [0.29, 0.717) is 42.3 Å². The molecule has 1 aliphatic carbocycles. The molecule has 1 aromatic heterocycles. The number of ketones is 2. The fraction of sp³-hybridized carbons (Fsp3) is 0.184. The van der Waals surface area contributed by atoms with E-state index in [1.807, 2.05) is 0 Å². The number of nitrogens with one attached hydrogen (secondary N) is 3. The van der Waals surface area contributed by atoms with Gasteiger partial charge in [0.1, 0.15) is 5.78 Å². The molecule has 1 amide bonds. The molecule has 6 rings (SSSR count). The molecule has 0 unspecified atom stereocenters. The van der Waals surface area contributed by atoms with Crippen LogP contribution >= 0.6 is 0 Å². The van der Waals surface area contributed by atoms with Crippen molar-refractivity contribution in [3.8, 4) is 11.1 Å². The molecular weight excluding hydrogens is 780 g/mol. The van der Waals surface area contributed by atoms with E-state index in [-0.39, 0.29) is 176 Å². The van der Waals surface area contributed by atoms with Crippen LogP contribution in [0, 0.1) is 12.1 Å². The van der Waals surface area contributed by atoms with Crippen molar-refractivity contribution in [2.24, 2.45) is 7.05 Å². The Morgan fingerprint density at radius 3 is 2.23 bits per heavy atom. The second-order valence-electron chi connectivity index (χ2n) is 12.1. The molecule has 0 atom stereocenters. The predicted molar refractivity (Wildman–Crippen MR) is 188 cm³/mol. The molecule has 0 radical (unpaired) electrons. The van der Waals surface area contributed by atoms with Gasteiger partial charge in [-0.1, -0.05) is 41.9 Å². The van der Waals surface area contributed by atoms with Gasteiger partial charge in [-0.05, 0) is 54.1 Å². The van der Waals surface area contributed by atoms with Crippen molar-refractivity contribution in [1.29, 1.82) is 0 Å². The summed E-state index contributed by atoms with van der Waals surface area (Å²) in [6.45, 7) is 0.154. The van der Waals surface area contributed by atoms with Gasteiger partial charge in [0.05, 0.1) is 33.3 Å². The molecule has 0 spiro atoms. The molecule has 13 nitrogen and oxygen atoms in total. The summed E-state index contributed by atoms with van der Waals surface area (Å²) in [4.78, 5) is 64.6. The Kier molecular flexibility index (Phi) is 19.6. The molecule has 0 saturated heterocycles. The van der Waals surface area contributed by atoms with Crippen molar-refractivity contribution in [2.75, 3.05) is 23.7 Å². The molecule has 1 aliphatic rings. The summed E-state index contributed by atoms with van der Waals surface area (Å²) in [7, 11) is -3.55. The molecule has 18 heteroatoms. The van der Waals surface area contributed by atoms with Crippen LogP contribution in [0.15, 0.2) is 82.5 Å². The Hall–Kier alpha value is -1.96. The van der Waals surface area contributed by atoms with Gasteiger partial charge in [-0.2, -0.15) is 42.5 Å². The van der Waals surface area contributed by atoms with Crippen LogP contribution in [-0.2, 0) is 26.8 Å². The molecule has 4 aromatic carbocycles. The summed E-state index contributed by atoms with van der Waals surface area (Å²) in [5, 5.41) is 19.3. The molecule has 5 aromatic rings. The summed E-state index contributed by atoms with van der Waals surface area (Å²) in [6.07, 6.45) is 1.55. The van der Waals surface area contributed by atoms with Crippen molar-refractivity contribution in [3.05, 3.63) is 118 Å². The molecule has 0 saturated carbocycles. The van der Waals surface area contributed by atoms with Crippen molar-refractivity contribution in [1.82, 2.24) is 9.88 Å². The maximum Gasteiger partial charge on any atom is 1.00 e. The quantitative estimate of drug-likeness (QED) is 0.0310. The number of unbranched alkanes of at least 4 members (excludes halogenated alkanes) is 2. The van der Waals surface area contributed by atoms with Gasteiger partial charge < -0.3 is 39.8 Å². The fourth-order valence-electron chi connectivity index (χ4n) is 6.26. The van der Waals surface area contributed by atoms with Crippen molar-refractivity contribution < 1.29 is 155 Å². The van der Waals surface area contributed by atoms with Crippen LogP contribution in [0.1, 0.15) is 57.5 Å². The van der Waals surface area contributed by atoms with E-state index in [1.54, 1.807) is 54.6 Å². The maximum atomic E-state index is 14.2. The van der Waals surface area contributed by atoms with Gasteiger partial charge >= 0.3 is 118 Å². The third kappa shape index (κ3) is 11.0. The summed E-state index contributed by atoms with van der Waals surface area (Å²) < 4.78 is 37.6. The second-order valence-corrected chi connectivity index (χ2v) is 13.5. The van der Waals surface area contributed by atoms with Crippen molar-refractivity contribution >= 4 is 61.5 Å². The SMILES string of the molecule is Cn1c(=O)c(C(=O)c2c[c-]ccc2)c2c3c(c(Nc4[c-]cc(S(=O)(=O)[O-])c(NC(=O)CNCCCCCC(=O)[O-])c4)ccc31)C(=O)c1ccccc1-2.[Na+].[Na+].[Na+].[Na+]. The van der Waals surface area contributed by atoms with Crippen LogP contribution in [0.2, 0.25) is 0 Å². The standard InChI is InChI=1S/C38H32N4O9S.4Na/c1-42-28-17-16-26(40-23-15-18-29(52(49,50)51)27(20-23)41-30(43)21-39-19-9-3-6-14-31(44)45)33-34(28)32(24-12-7-8-13-25(24)37(33)47)35(38(42)48)36(46)22-10-4-2-5-11-22;;;;/h2,4,7-8,10-13,16-18,20,39-40H,3,6,9,14,19,21H2,1H3,(H,41,43)(H,44,45)(H,49,50,51);;;;/q-2;4*+1/p-2. The average molecular weight is 811 g/mol. The van der Waals surface area contributed by atoms with E-state index < -0.39 is 44.0 Å². The summed E-state index contributed by atoms with van der Waals surface area (Å²) in [5.74, 6) is -2.74. The Labute approximate surface area is 411 Å². The minimum Gasteiger partial charge on any atom is -0.754 e. The number of nitrogens with zero attached hydrogens (tertiary/aromatic N) is 1. The van der Waals surface area contributed by atoms with Crippen LogP contribution in [0.3, 0.4) is 0 Å². The maximum absolute atomic E-state index is 14.2. The molecule has 0 bridgehead atoms. The Balaban J connectivity index is 0.00000271. The number of hydrogen-bond acceptors (Lipinski definition) is 11. The Bertz CT molecular complexity index is 2460. The van der Waals surface area contributed by atoms with E-state index in [2.05, 4.69) is 28.1 Å². The van der Waals surface area contributed by atoms with E-state index in [4.69, 9.17) is 0 Å². The van der Waals surface area contributed by atoms with Gasteiger partial charge in [-0.3, -0.25) is 22.8 Å². The molecule has 266 valence electrons. The zero-order valence-electron chi connectivity index (χ0n) is 31.7. The van der Waals surface area contributed by atoms with Gasteiger partial charge in [0.25, 0.3) is 5.56 Å². The average Bonchev–Trinajstić information content (AvgIpc) is 3.11. The van der Waals surface area contributed by atoms with Crippen LogP contribution in [-0.4, -0.2) is 54.1 Å². The molecular formula is C38H30N4Na4O9S. The number of carbonyl (C=O) groups is 4. The van der Waals surface area contributed by atoms with E-state index >= 15 is 0 Å². The third-order valence-electron chi connectivity index (χ3n) is 8.67. The smallest absolute Gasteiger partial charge is 0.754 e. The summed E-state index contributed by atoms with van der Waals surface area (Å²) in [6, 6.07) is 23.8. The molecule has 0 fully saturated rings. The van der Waals surface area contributed by atoms with Gasteiger partial charge in [0.15, 0.2) is 5.78 Å². The van der Waals surface area contributed by atoms with Crippen molar-refractivity contribution in [3.63, 3.8) is 0 Å². The minimum atomic E-state index is -5.05. The number of carboxylic acid groups (broad SMARTS) is 1.